The van der Waals surface area contributed by atoms with Gasteiger partial charge in [-0.1, -0.05) is 24.3 Å². The molecule has 2 aromatic rings. The van der Waals surface area contributed by atoms with Crippen LogP contribution in [0.25, 0.3) is 11.3 Å². The van der Waals surface area contributed by atoms with E-state index >= 15 is 0 Å². The number of esters is 1. The van der Waals surface area contributed by atoms with E-state index < -0.39 is 21.8 Å². The van der Waals surface area contributed by atoms with Gasteiger partial charge in [0, 0.05) is 23.7 Å². The zero-order valence-electron chi connectivity index (χ0n) is 15.1. The van der Waals surface area contributed by atoms with E-state index in [1.165, 1.54) is 23.9 Å². The van der Waals surface area contributed by atoms with Crippen molar-refractivity contribution < 1.29 is 22.7 Å². The van der Waals surface area contributed by atoms with Crippen molar-refractivity contribution in [2.75, 3.05) is 19.1 Å². The lowest BCUT2D eigenvalue weighted by atomic mass is 10.1. The number of H-pyrrole nitrogens is 1. The number of amides is 1. The Kier molecular flexibility index (Phi) is 8.57. The van der Waals surface area contributed by atoms with Crippen molar-refractivity contribution in [1.82, 2.24) is 10.3 Å². The second-order valence-corrected chi connectivity index (χ2v) is 7.94. The monoisotopic (exact) mass is 380 g/mol. The van der Waals surface area contributed by atoms with Crippen molar-refractivity contribution in [2.45, 2.75) is 19.4 Å². The Morgan fingerprint density at radius 2 is 1.96 bits per heavy atom. The molecule has 0 unspecified atom stereocenters. The van der Waals surface area contributed by atoms with Crippen LogP contribution in [0.2, 0.25) is 0 Å². The molecule has 1 atom stereocenters. The Labute approximate surface area is 153 Å². The van der Waals surface area contributed by atoms with Crippen LogP contribution in [0.5, 0.6) is 0 Å². The normalized spacial score (nSPS) is 11.7. The summed E-state index contributed by atoms with van der Waals surface area (Å²) in [5, 5.41) is 2.19. The number of aryl methyl sites for hydroxylation is 1. The van der Waals surface area contributed by atoms with Crippen LogP contribution < -0.4 is 5.32 Å². The zero-order chi connectivity index (χ0) is 19.6. The molecule has 0 aliphatic heterocycles. The number of carbonyl (C=O) groups is 2. The number of methoxy groups -OCH3 is 1. The second-order valence-electron chi connectivity index (χ2n) is 5.68. The molecule has 26 heavy (non-hydrogen) atoms. The summed E-state index contributed by atoms with van der Waals surface area (Å²) in [5.74, 6) is -0.825. The fourth-order valence-electron chi connectivity index (χ4n) is 2.20. The molecular weight excluding hydrogens is 356 g/mol. The number of aromatic amines is 1. The molecule has 0 aliphatic carbocycles. The molecule has 0 spiro atoms. The summed E-state index contributed by atoms with van der Waals surface area (Å²) < 4.78 is 25.9. The molecule has 7 nitrogen and oxygen atoms in total. The number of sulfone groups is 1. The number of benzene rings is 1. The Balaban J connectivity index is 0.000000262. The van der Waals surface area contributed by atoms with E-state index in [0.717, 1.165) is 6.26 Å². The van der Waals surface area contributed by atoms with Crippen LogP contribution >= 0.6 is 0 Å². The van der Waals surface area contributed by atoms with E-state index in [2.05, 4.69) is 52.3 Å². The summed E-state index contributed by atoms with van der Waals surface area (Å²) >= 11 is 0. The summed E-state index contributed by atoms with van der Waals surface area (Å²) in [7, 11) is -1.97. The van der Waals surface area contributed by atoms with Gasteiger partial charge in [0.1, 0.15) is 15.9 Å². The second kappa shape index (κ2) is 10.4. The molecule has 142 valence electrons. The summed E-state index contributed by atoms with van der Waals surface area (Å²) in [4.78, 5) is 24.3. The molecule has 0 saturated heterocycles. The van der Waals surface area contributed by atoms with Gasteiger partial charge in [-0.25, -0.2) is 13.2 Å². The van der Waals surface area contributed by atoms with E-state index in [1.807, 2.05) is 12.3 Å². The third kappa shape index (κ3) is 7.52. The first-order chi connectivity index (χ1) is 12.3. The molecule has 2 N–H and O–H groups in total. The van der Waals surface area contributed by atoms with Gasteiger partial charge in [0.25, 0.3) is 0 Å². The van der Waals surface area contributed by atoms with Gasteiger partial charge < -0.3 is 15.0 Å². The van der Waals surface area contributed by atoms with E-state index in [0.29, 0.717) is 6.41 Å². The highest BCUT2D eigenvalue weighted by Crippen LogP contribution is 2.20. The molecule has 8 heteroatoms. The standard InChI is InChI=1S/C11H11N.C7H13NO5S/c1-9-5-2-3-6-10(9)11-7-4-8-12-11;1-13-7(10)6(8-5-9)3-4-14(2,11)12/h2-8,12H,1H3;5-6H,3-4H2,1-2H3,(H,8,9)/t;6-/m.0/s1. The molecule has 1 aromatic heterocycles. The van der Waals surface area contributed by atoms with Crippen LogP contribution in [-0.4, -0.2) is 50.9 Å². The molecule has 0 radical (unpaired) electrons. The Hall–Kier alpha value is -2.61. The number of rotatable bonds is 7. The summed E-state index contributed by atoms with van der Waals surface area (Å²) in [6.07, 6.45) is 3.36. The number of hydrogen-bond donors (Lipinski definition) is 2. The van der Waals surface area contributed by atoms with Crippen LogP contribution in [0.1, 0.15) is 12.0 Å². The van der Waals surface area contributed by atoms with Crippen molar-refractivity contribution in [3.05, 3.63) is 48.2 Å². The van der Waals surface area contributed by atoms with Crippen LogP contribution in [0.4, 0.5) is 0 Å². The van der Waals surface area contributed by atoms with Crippen LogP contribution in [0, 0.1) is 6.92 Å². The fraction of sp³-hybridized carbons (Fsp3) is 0.333. The Morgan fingerprint density at radius 3 is 2.46 bits per heavy atom. The van der Waals surface area contributed by atoms with E-state index in [1.54, 1.807) is 0 Å². The van der Waals surface area contributed by atoms with Gasteiger partial charge in [-0.05, 0) is 31.0 Å². The van der Waals surface area contributed by atoms with Gasteiger partial charge >= 0.3 is 5.97 Å². The third-order valence-corrected chi connectivity index (χ3v) is 4.54. The lowest BCUT2D eigenvalue weighted by molar-refractivity contribution is -0.144. The lowest BCUT2D eigenvalue weighted by Gasteiger charge is -2.12. The van der Waals surface area contributed by atoms with Gasteiger partial charge in [-0.15, -0.1) is 0 Å². The van der Waals surface area contributed by atoms with Crippen LogP contribution in [0.3, 0.4) is 0 Å². The van der Waals surface area contributed by atoms with Gasteiger partial charge in [-0.2, -0.15) is 0 Å². The molecule has 0 fully saturated rings. The highest BCUT2D eigenvalue weighted by Gasteiger charge is 2.19. The Bertz CT molecular complexity index is 801. The fourth-order valence-corrected chi connectivity index (χ4v) is 2.86. The number of carbonyl (C=O) groups excluding carboxylic acids is 2. The molecular formula is C18H24N2O5S. The summed E-state index contributed by atoms with van der Waals surface area (Å²) in [5.41, 5.74) is 3.77. The van der Waals surface area contributed by atoms with Gasteiger partial charge in [0.05, 0.1) is 12.9 Å². The zero-order valence-corrected chi connectivity index (χ0v) is 15.9. The number of nitrogens with one attached hydrogen (secondary N) is 2. The first-order valence-electron chi connectivity index (χ1n) is 7.93. The van der Waals surface area contributed by atoms with Crippen LogP contribution in [-0.2, 0) is 24.2 Å². The summed E-state index contributed by atoms with van der Waals surface area (Å²) in [6, 6.07) is 11.6. The summed E-state index contributed by atoms with van der Waals surface area (Å²) in [6.45, 7) is 2.12. The highest BCUT2D eigenvalue weighted by atomic mass is 32.2. The minimum atomic E-state index is -3.14. The maximum Gasteiger partial charge on any atom is 0.328 e. The van der Waals surface area contributed by atoms with Crippen molar-refractivity contribution in [1.29, 1.82) is 0 Å². The first kappa shape index (κ1) is 21.4. The first-order valence-corrected chi connectivity index (χ1v) is 9.99. The Morgan fingerprint density at radius 1 is 1.27 bits per heavy atom. The molecule has 1 amide bonds. The quantitative estimate of drug-likeness (QED) is 0.562. The SMILES string of the molecule is COC(=O)[C@H](CCS(C)(=O)=O)NC=O.Cc1ccccc1-c1ccc[nH]1. The highest BCUT2D eigenvalue weighted by molar-refractivity contribution is 7.90. The van der Waals surface area contributed by atoms with Crippen molar-refractivity contribution in [3.63, 3.8) is 0 Å². The molecule has 2 rings (SSSR count). The number of aromatic nitrogens is 1. The third-order valence-electron chi connectivity index (χ3n) is 3.57. The van der Waals surface area contributed by atoms with E-state index in [9.17, 15) is 18.0 Å². The predicted molar refractivity (Wildman–Crippen MR) is 100 cm³/mol. The van der Waals surface area contributed by atoms with Gasteiger partial charge in [0.15, 0.2) is 0 Å². The maximum atomic E-state index is 11.0. The predicted octanol–water partition coefficient (Wildman–Crippen LogP) is 1.70. The number of ether oxygens (including phenoxy) is 1. The van der Waals surface area contributed by atoms with Gasteiger partial charge in [-0.3, -0.25) is 4.79 Å². The van der Waals surface area contributed by atoms with Crippen LogP contribution in [0.15, 0.2) is 42.6 Å². The van der Waals surface area contributed by atoms with Gasteiger partial charge in [0.2, 0.25) is 6.41 Å². The minimum Gasteiger partial charge on any atom is -0.467 e. The largest absolute Gasteiger partial charge is 0.467 e. The van der Waals surface area contributed by atoms with E-state index in [-0.39, 0.29) is 12.2 Å². The van der Waals surface area contributed by atoms with Crippen molar-refractivity contribution in [2.24, 2.45) is 0 Å². The molecule has 0 aliphatic rings. The molecule has 1 heterocycles. The smallest absolute Gasteiger partial charge is 0.328 e. The minimum absolute atomic E-state index is 0.0181. The van der Waals surface area contributed by atoms with Crippen molar-refractivity contribution >= 4 is 22.2 Å². The van der Waals surface area contributed by atoms with Crippen molar-refractivity contribution in [3.8, 4) is 11.3 Å². The number of hydrogen-bond acceptors (Lipinski definition) is 5. The average molecular weight is 380 g/mol. The average Bonchev–Trinajstić information content (AvgIpc) is 3.12. The van der Waals surface area contributed by atoms with E-state index in [4.69, 9.17) is 0 Å². The topological polar surface area (TPSA) is 105 Å². The molecule has 0 bridgehead atoms. The molecule has 1 aromatic carbocycles. The maximum absolute atomic E-state index is 11.0. The molecule has 0 saturated carbocycles. The lowest BCUT2D eigenvalue weighted by Crippen LogP contribution is -2.38.